The lowest BCUT2D eigenvalue weighted by Gasteiger charge is -2.38. The van der Waals surface area contributed by atoms with Gasteiger partial charge in [0.05, 0.1) is 0 Å². The number of carbonyl (C=O) groups excluding carboxylic acids is 1. The van der Waals surface area contributed by atoms with E-state index in [0.717, 1.165) is 25.9 Å². The van der Waals surface area contributed by atoms with Crippen molar-refractivity contribution in [2.24, 2.45) is 5.41 Å². The molecule has 1 aliphatic rings. The minimum Gasteiger partial charge on any atom is -0.337 e. The summed E-state index contributed by atoms with van der Waals surface area (Å²) in [7, 11) is 0. The van der Waals surface area contributed by atoms with Crippen molar-refractivity contribution in [3.63, 3.8) is 0 Å². The zero-order valence-electron chi connectivity index (χ0n) is 12.0. The third-order valence-corrected chi connectivity index (χ3v) is 3.67. The van der Waals surface area contributed by atoms with E-state index in [1.165, 1.54) is 0 Å². The van der Waals surface area contributed by atoms with Crippen molar-refractivity contribution >= 4 is 5.91 Å². The van der Waals surface area contributed by atoms with Gasteiger partial charge in [0, 0.05) is 31.6 Å². The quantitative estimate of drug-likeness (QED) is 0.821. The molecule has 1 saturated heterocycles. The number of nitrogens with zero attached hydrogens (tertiary/aromatic N) is 1. The maximum Gasteiger partial charge on any atom is 0.222 e. The van der Waals surface area contributed by atoms with Crippen molar-refractivity contribution in [2.45, 2.75) is 66.0 Å². The van der Waals surface area contributed by atoms with Gasteiger partial charge in [-0.3, -0.25) is 4.79 Å². The highest BCUT2D eigenvalue weighted by Gasteiger charge is 2.27. The van der Waals surface area contributed by atoms with Gasteiger partial charge in [-0.25, -0.2) is 0 Å². The van der Waals surface area contributed by atoms with E-state index in [2.05, 4.69) is 39.9 Å². The van der Waals surface area contributed by atoms with Crippen LogP contribution in [-0.4, -0.2) is 36.0 Å². The monoisotopic (exact) mass is 240 g/mol. The zero-order valence-corrected chi connectivity index (χ0v) is 12.0. The minimum atomic E-state index is 0.325. The number of amides is 1. The zero-order chi connectivity index (χ0) is 13.1. The molecule has 1 N–H and O–H groups in total. The molecule has 0 aromatic heterocycles. The molecule has 0 aliphatic carbocycles. The lowest BCUT2D eigenvalue weighted by atomic mass is 9.89. The van der Waals surface area contributed by atoms with E-state index in [9.17, 15) is 4.79 Å². The molecule has 0 saturated carbocycles. The van der Waals surface area contributed by atoms with Crippen molar-refractivity contribution in [1.29, 1.82) is 0 Å². The summed E-state index contributed by atoms with van der Waals surface area (Å²) in [5, 5.41) is 3.40. The van der Waals surface area contributed by atoms with Gasteiger partial charge >= 0.3 is 0 Å². The van der Waals surface area contributed by atoms with Crippen molar-refractivity contribution < 1.29 is 4.79 Å². The average molecular weight is 240 g/mol. The first-order valence-electron chi connectivity index (χ1n) is 6.84. The summed E-state index contributed by atoms with van der Waals surface area (Å²) in [5.41, 5.74) is 0.336. The molecule has 0 aromatic carbocycles. The van der Waals surface area contributed by atoms with Crippen LogP contribution in [0.25, 0.3) is 0 Å². The molecule has 0 radical (unpaired) electrons. The largest absolute Gasteiger partial charge is 0.337 e. The first-order valence-corrected chi connectivity index (χ1v) is 6.84. The van der Waals surface area contributed by atoms with Gasteiger partial charge in [-0.05, 0) is 32.1 Å². The highest BCUT2D eigenvalue weighted by Crippen LogP contribution is 2.22. The molecule has 2 unspecified atom stereocenters. The number of hydrogen-bond donors (Lipinski definition) is 1. The lowest BCUT2D eigenvalue weighted by Crippen LogP contribution is -2.57. The fraction of sp³-hybridized carbons (Fsp3) is 0.929. The maximum absolute atomic E-state index is 12.1. The molecular formula is C14H28N2O. The van der Waals surface area contributed by atoms with Crippen molar-refractivity contribution in [3.05, 3.63) is 0 Å². The Morgan fingerprint density at radius 3 is 2.59 bits per heavy atom. The molecule has 1 aliphatic heterocycles. The van der Waals surface area contributed by atoms with Crippen LogP contribution in [0.4, 0.5) is 0 Å². The van der Waals surface area contributed by atoms with Crippen LogP contribution in [-0.2, 0) is 4.79 Å². The lowest BCUT2D eigenvalue weighted by molar-refractivity contribution is -0.135. The molecule has 2 atom stereocenters. The predicted molar refractivity (Wildman–Crippen MR) is 71.9 cm³/mol. The molecule has 1 amide bonds. The molecule has 17 heavy (non-hydrogen) atoms. The predicted octanol–water partition coefficient (Wildman–Crippen LogP) is 2.41. The SMILES string of the molecule is CC1NCCN(C(=O)CCCC(C)(C)C)C1C. The maximum atomic E-state index is 12.1. The summed E-state index contributed by atoms with van der Waals surface area (Å²) in [6.45, 7) is 12.8. The summed E-state index contributed by atoms with van der Waals surface area (Å²) < 4.78 is 0. The van der Waals surface area contributed by atoms with Crippen LogP contribution in [0.3, 0.4) is 0 Å². The Balaban J connectivity index is 2.37. The molecule has 0 spiro atoms. The highest BCUT2D eigenvalue weighted by atomic mass is 16.2. The highest BCUT2D eigenvalue weighted by molar-refractivity contribution is 5.76. The van der Waals surface area contributed by atoms with Gasteiger partial charge < -0.3 is 10.2 Å². The Morgan fingerprint density at radius 2 is 2.00 bits per heavy atom. The standard InChI is InChI=1S/C14H28N2O/c1-11-12(2)16(10-9-15-11)13(17)7-6-8-14(3,4)5/h11-12,15H,6-10H2,1-5H3. The van der Waals surface area contributed by atoms with Gasteiger partial charge in [0.25, 0.3) is 0 Å². The van der Waals surface area contributed by atoms with Gasteiger partial charge in [0.1, 0.15) is 0 Å². The summed E-state index contributed by atoms with van der Waals surface area (Å²) in [4.78, 5) is 14.2. The topological polar surface area (TPSA) is 32.3 Å². The number of carbonyl (C=O) groups is 1. The third kappa shape index (κ3) is 4.66. The van der Waals surface area contributed by atoms with Crippen LogP contribution in [0.2, 0.25) is 0 Å². The second kappa shape index (κ2) is 5.85. The smallest absolute Gasteiger partial charge is 0.222 e. The van der Waals surface area contributed by atoms with E-state index >= 15 is 0 Å². The molecule has 3 nitrogen and oxygen atoms in total. The summed E-state index contributed by atoms with van der Waals surface area (Å²) in [6, 6.07) is 0.737. The second-order valence-electron chi connectivity index (χ2n) is 6.48. The average Bonchev–Trinajstić information content (AvgIpc) is 2.20. The van der Waals surface area contributed by atoms with Gasteiger partial charge in [-0.2, -0.15) is 0 Å². The molecule has 1 heterocycles. The Bertz CT molecular complexity index is 257. The Kier molecular flexibility index (Phi) is 4.99. The second-order valence-corrected chi connectivity index (χ2v) is 6.48. The summed E-state index contributed by atoms with van der Waals surface area (Å²) >= 11 is 0. The Labute approximate surface area is 106 Å². The van der Waals surface area contributed by atoms with Crippen LogP contribution in [0.15, 0.2) is 0 Å². The molecule has 3 heteroatoms. The summed E-state index contributed by atoms with van der Waals surface area (Å²) in [6.07, 6.45) is 2.83. The van der Waals surface area contributed by atoms with Gasteiger partial charge in [0.2, 0.25) is 5.91 Å². The van der Waals surface area contributed by atoms with E-state index in [1.54, 1.807) is 0 Å². The van der Waals surface area contributed by atoms with Crippen molar-refractivity contribution in [1.82, 2.24) is 10.2 Å². The van der Waals surface area contributed by atoms with Crippen molar-refractivity contribution in [3.8, 4) is 0 Å². The molecule has 1 rings (SSSR count). The van der Waals surface area contributed by atoms with Gasteiger partial charge in [-0.15, -0.1) is 0 Å². The van der Waals surface area contributed by atoms with Crippen LogP contribution >= 0.6 is 0 Å². The fourth-order valence-electron chi connectivity index (χ4n) is 2.32. The van der Waals surface area contributed by atoms with Gasteiger partial charge in [-0.1, -0.05) is 20.8 Å². The molecule has 0 aromatic rings. The Morgan fingerprint density at radius 1 is 1.35 bits per heavy atom. The molecule has 1 fully saturated rings. The first-order chi connectivity index (χ1) is 7.81. The third-order valence-electron chi connectivity index (χ3n) is 3.67. The number of rotatable bonds is 3. The van der Waals surface area contributed by atoms with E-state index < -0.39 is 0 Å². The first kappa shape index (κ1) is 14.5. The minimum absolute atomic E-state index is 0.325. The van der Waals surface area contributed by atoms with Crippen LogP contribution in [0.5, 0.6) is 0 Å². The molecular weight excluding hydrogens is 212 g/mol. The summed E-state index contributed by atoms with van der Waals surface area (Å²) in [5.74, 6) is 0.329. The normalized spacial score (nSPS) is 26.1. The van der Waals surface area contributed by atoms with E-state index in [-0.39, 0.29) is 0 Å². The van der Waals surface area contributed by atoms with Crippen LogP contribution in [0.1, 0.15) is 53.9 Å². The Hall–Kier alpha value is -0.570. The van der Waals surface area contributed by atoms with Crippen LogP contribution in [0, 0.1) is 5.41 Å². The molecule has 0 bridgehead atoms. The van der Waals surface area contributed by atoms with E-state index in [0.29, 0.717) is 29.8 Å². The fourth-order valence-corrected chi connectivity index (χ4v) is 2.32. The van der Waals surface area contributed by atoms with E-state index in [4.69, 9.17) is 0 Å². The van der Waals surface area contributed by atoms with E-state index in [1.807, 2.05) is 4.90 Å². The van der Waals surface area contributed by atoms with Gasteiger partial charge in [0.15, 0.2) is 0 Å². The number of hydrogen-bond acceptors (Lipinski definition) is 2. The number of piperazine rings is 1. The number of nitrogens with one attached hydrogen (secondary N) is 1. The van der Waals surface area contributed by atoms with Crippen molar-refractivity contribution in [2.75, 3.05) is 13.1 Å². The molecule has 100 valence electrons. The van der Waals surface area contributed by atoms with Crippen LogP contribution < -0.4 is 5.32 Å².